The van der Waals surface area contributed by atoms with Crippen LogP contribution < -0.4 is 0 Å². The molecule has 0 aromatic heterocycles. The van der Waals surface area contributed by atoms with E-state index in [1.54, 1.807) is 15.9 Å². The summed E-state index contributed by atoms with van der Waals surface area (Å²) in [5, 5.41) is -4.29. The van der Waals surface area contributed by atoms with E-state index in [1.165, 1.54) is 0 Å². The zero-order valence-electron chi connectivity index (χ0n) is 6.99. The zero-order chi connectivity index (χ0) is 11.7. The molecule has 0 N–H and O–H groups in total. The molecule has 0 saturated heterocycles. The Balaban J connectivity index is 2.82. The first-order chi connectivity index (χ1) is 6.72. The lowest BCUT2D eigenvalue weighted by atomic mass is 10.4. The van der Waals surface area contributed by atoms with Crippen LogP contribution in [0.25, 0.3) is 0 Å². The van der Waals surface area contributed by atoms with Gasteiger partial charge in [0, 0.05) is 4.90 Å². The molecule has 0 aliphatic rings. The molecule has 7 heteroatoms. The monoisotopic (exact) mass is 306 g/mol. The van der Waals surface area contributed by atoms with Gasteiger partial charge in [0.05, 0.1) is 0 Å². The predicted molar refractivity (Wildman–Crippen MR) is 51.1 cm³/mol. The molecule has 15 heavy (non-hydrogen) atoms. The fourth-order valence-corrected chi connectivity index (χ4v) is 1.64. The second-order valence-electron chi connectivity index (χ2n) is 2.57. The average Bonchev–Trinajstić information content (AvgIpc) is 2.06. The second kappa shape index (κ2) is 4.29. The third kappa shape index (κ3) is 3.34. The molecule has 0 atom stereocenters. The fourth-order valence-electron chi connectivity index (χ4n) is 0.709. The molecule has 0 fully saturated rings. The third-order valence-electron chi connectivity index (χ3n) is 1.39. The van der Waals surface area contributed by atoms with Gasteiger partial charge in [-0.15, -0.1) is 0 Å². The molecule has 0 bridgehead atoms. The molecule has 0 heterocycles. The smallest absolute Gasteiger partial charge is 0.207 e. The Hall–Kier alpha value is -0.300. The number of rotatable bonds is 3. The summed E-state index contributed by atoms with van der Waals surface area (Å²) in [5.74, 6) is -0.617. The Morgan fingerprint density at radius 1 is 1.00 bits per heavy atom. The van der Waals surface area contributed by atoms with Crippen LogP contribution >= 0.6 is 27.7 Å². The fraction of sp³-hybridized carbons (Fsp3) is 0.250. The van der Waals surface area contributed by atoms with Gasteiger partial charge >= 0.3 is 10.1 Å². The van der Waals surface area contributed by atoms with Gasteiger partial charge in [0.2, 0.25) is 0 Å². The first kappa shape index (κ1) is 12.8. The summed E-state index contributed by atoms with van der Waals surface area (Å²) in [6.45, 7) is 0. The normalized spacial score (nSPS) is 12.9. The highest BCUT2D eigenvalue weighted by atomic mass is 79.9. The van der Waals surface area contributed by atoms with Gasteiger partial charge < -0.3 is 0 Å². The van der Waals surface area contributed by atoms with Crippen LogP contribution in [0.4, 0.5) is 22.0 Å². The summed E-state index contributed by atoms with van der Waals surface area (Å²) in [5.41, 5.74) is 0. The van der Waals surface area contributed by atoms with Crippen molar-refractivity contribution in [3.05, 3.63) is 30.1 Å². The quantitative estimate of drug-likeness (QED) is 0.450. The first-order valence-corrected chi connectivity index (χ1v) is 5.22. The molecule has 0 aliphatic heterocycles. The highest BCUT2D eigenvalue weighted by molar-refractivity contribution is 9.10. The summed E-state index contributed by atoms with van der Waals surface area (Å²) in [6.07, 6.45) is 0. The van der Waals surface area contributed by atoms with E-state index < -0.39 is 15.9 Å². The largest absolute Gasteiger partial charge is 0.373 e. The van der Waals surface area contributed by atoms with Crippen LogP contribution in [0, 0.1) is 5.82 Å². The van der Waals surface area contributed by atoms with Gasteiger partial charge in [-0.1, -0.05) is 0 Å². The number of alkyl halides is 5. The standard InChI is InChI=1S/C8H4BrF5S/c9-7(11,12)8(13,14)15-6-3-1-5(10)2-4-6/h1-4H. The Bertz CT molecular complexity index is 332. The van der Waals surface area contributed by atoms with Gasteiger partial charge in [-0.2, -0.15) is 17.6 Å². The number of benzene rings is 1. The number of halogens is 6. The molecule has 0 radical (unpaired) electrons. The summed E-state index contributed by atoms with van der Waals surface area (Å²) in [6, 6.07) is 3.86. The van der Waals surface area contributed by atoms with E-state index in [-0.39, 0.29) is 16.7 Å². The van der Waals surface area contributed by atoms with Crippen LogP contribution in [0.5, 0.6) is 0 Å². The Kier molecular flexibility index (Phi) is 3.65. The van der Waals surface area contributed by atoms with Crippen LogP contribution in [0.3, 0.4) is 0 Å². The molecule has 0 nitrogen and oxygen atoms in total. The molecule has 0 spiro atoms. The van der Waals surface area contributed by atoms with Crippen molar-refractivity contribution in [3.8, 4) is 0 Å². The summed E-state index contributed by atoms with van der Waals surface area (Å²) >= 11 is 1.26. The van der Waals surface area contributed by atoms with Crippen LogP contribution in [0.15, 0.2) is 29.2 Å². The lowest BCUT2D eigenvalue weighted by Gasteiger charge is -2.20. The summed E-state index contributed by atoms with van der Waals surface area (Å²) < 4.78 is 62.7. The van der Waals surface area contributed by atoms with E-state index in [0.29, 0.717) is 0 Å². The van der Waals surface area contributed by atoms with Gasteiger partial charge in [-0.25, -0.2) is 4.39 Å². The van der Waals surface area contributed by atoms with E-state index in [4.69, 9.17) is 0 Å². The minimum Gasteiger partial charge on any atom is -0.207 e. The zero-order valence-corrected chi connectivity index (χ0v) is 9.39. The first-order valence-electron chi connectivity index (χ1n) is 3.61. The van der Waals surface area contributed by atoms with Crippen molar-refractivity contribution in [3.63, 3.8) is 0 Å². The maximum atomic E-state index is 12.8. The Labute approximate surface area is 95.0 Å². The summed E-state index contributed by atoms with van der Waals surface area (Å²) in [4.78, 5) is -4.44. The van der Waals surface area contributed by atoms with Crippen molar-refractivity contribution in [1.29, 1.82) is 0 Å². The van der Waals surface area contributed by atoms with Crippen molar-refractivity contribution in [2.45, 2.75) is 15.0 Å². The summed E-state index contributed by atoms with van der Waals surface area (Å²) in [7, 11) is 0. The minimum absolute atomic E-state index is 0.138. The van der Waals surface area contributed by atoms with Crippen LogP contribution in [0.2, 0.25) is 0 Å². The van der Waals surface area contributed by atoms with E-state index >= 15 is 0 Å². The van der Waals surface area contributed by atoms with Gasteiger partial charge in [0.15, 0.2) is 0 Å². The maximum absolute atomic E-state index is 12.8. The SMILES string of the molecule is Fc1ccc(SC(F)(F)C(F)(F)Br)cc1. The Morgan fingerprint density at radius 3 is 1.87 bits per heavy atom. The van der Waals surface area contributed by atoms with Crippen molar-refractivity contribution in [1.82, 2.24) is 0 Å². The molecule has 0 unspecified atom stereocenters. The topological polar surface area (TPSA) is 0 Å². The maximum Gasteiger partial charge on any atom is 0.373 e. The lowest BCUT2D eigenvalue weighted by molar-refractivity contribution is -0.0779. The molecule has 0 aliphatic carbocycles. The number of thioether (sulfide) groups is 1. The van der Waals surface area contributed by atoms with Gasteiger partial charge in [0.1, 0.15) is 5.82 Å². The highest BCUT2D eigenvalue weighted by Gasteiger charge is 2.55. The molecule has 1 aromatic carbocycles. The third-order valence-corrected chi connectivity index (χ3v) is 3.17. The van der Waals surface area contributed by atoms with Gasteiger partial charge in [-0.05, 0) is 52.0 Å². The lowest BCUT2D eigenvalue weighted by Crippen LogP contribution is -2.30. The second-order valence-corrected chi connectivity index (χ2v) is 4.75. The van der Waals surface area contributed by atoms with Gasteiger partial charge in [0.25, 0.3) is 0 Å². The molecule has 0 saturated carbocycles. The van der Waals surface area contributed by atoms with Crippen molar-refractivity contribution >= 4 is 27.7 Å². The molecular formula is C8H4BrF5S. The van der Waals surface area contributed by atoms with Crippen molar-refractivity contribution in [2.75, 3.05) is 0 Å². The van der Waals surface area contributed by atoms with Crippen molar-refractivity contribution < 1.29 is 22.0 Å². The van der Waals surface area contributed by atoms with E-state index in [2.05, 4.69) is 0 Å². The van der Waals surface area contributed by atoms with E-state index in [0.717, 1.165) is 24.3 Å². The number of hydrogen-bond donors (Lipinski definition) is 0. The average molecular weight is 307 g/mol. The Morgan fingerprint density at radius 2 is 1.47 bits per heavy atom. The predicted octanol–water partition coefficient (Wildman–Crippen LogP) is 4.50. The molecule has 84 valence electrons. The minimum atomic E-state index is -4.31. The van der Waals surface area contributed by atoms with E-state index in [9.17, 15) is 22.0 Å². The molecule has 1 rings (SSSR count). The van der Waals surface area contributed by atoms with Crippen LogP contribution in [0.1, 0.15) is 0 Å². The molecule has 1 aromatic rings. The van der Waals surface area contributed by atoms with Gasteiger partial charge in [-0.3, -0.25) is 0 Å². The van der Waals surface area contributed by atoms with Crippen LogP contribution in [-0.4, -0.2) is 10.1 Å². The molecular weight excluding hydrogens is 303 g/mol. The highest BCUT2D eigenvalue weighted by Crippen LogP contribution is 2.49. The number of hydrogen-bond acceptors (Lipinski definition) is 1. The van der Waals surface area contributed by atoms with Crippen molar-refractivity contribution in [2.24, 2.45) is 0 Å². The molecule has 0 amide bonds. The van der Waals surface area contributed by atoms with E-state index in [1.807, 2.05) is 0 Å². The van der Waals surface area contributed by atoms with Crippen LogP contribution in [-0.2, 0) is 0 Å².